The van der Waals surface area contributed by atoms with Crippen LogP contribution in [0, 0.1) is 0 Å². The Kier molecular flexibility index (Phi) is 2.84. The molecule has 1 aromatic carbocycles. The van der Waals surface area contributed by atoms with Gasteiger partial charge < -0.3 is 16.0 Å². The van der Waals surface area contributed by atoms with Crippen molar-refractivity contribution in [3.8, 4) is 0 Å². The van der Waals surface area contributed by atoms with Crippen LogP contribution < -0.4 is 16.0 Å². The van der Waals surface area contributed by atoms with E-state index in [0.717, 1.165) is 11.0 Å². The predicted molar refractivity (Wildman–Crippen MR) is 72.3 cm³/mol. The van der Waals surface area contributed by atoms with E-state index in [0.29, 0.717) is 6.04 Å². The standard InChI is InChI=1S/C13H16BrN3/c14-11-5-3-10(4-6-11)13(16-8-9-17-13)12-2-1-7-15-12/h3-6,8-9,12,15-17H,1-2,7H2/t12-/m0/s1. The summed E-state index contributed by atoms with van der Waals surface area (Å²) in [6, 6.07) is 8.94. The Labute approximate surface area is 110 Å². The van der Waals surface area contributed by atoms with Gasteiger partial charge in [-0.25, -0.2) is 0 Å². The van der Waals surface area contributed by atoms with Crippen LogP contribution in [0.5, 0.6) is 0 Å². The van der Waals surface area contributed by atoms with E-state index in [4.69, 9.17) is 0 Å². The van der Waals surface area contributed by atoms with Crippen LogP contribution >= 0.6 is 15.9 Å². The Morgan fingerprint density at radius 2 is 1.82 bits per heavy atom. The molecule has 3 N–H and O–H groups in total. The molecule has 0 radical (unpaired) electrons. The summed E-state index contributed by atoms with van der Waals surface area (Å²) in [5, 5.41) is 10.5. The quantitative estimate of drug-likeness (QED) is 0.781. The molecule has 0 saturated carbocycles. The molecule has 3 nitrogen and oxygen atoms in total. The maximum Gasteiger partial charge on any atom is 0.149 e. The lowest BCUT2D eigenvalue weighted by molar-refractivity contribution is 0.263. The van der Waals surface area contributed by atoms with Crippen molar-refractivity contribution in [1.82, 2.24) is 16.0 Å². The van der Waals surface area contributed by atoms with E-state index in [9.17, 15) is 0 Å². The van der Waals surface area contributed by atoms with E-state index in [-0.39, 0.29) is 5.66 Å². The van der Waals surface area contributed by atoms with Gasteiger partial charge in [-0.15, -0.1) is 0 Å². The first-order valence-corrected chi connectivity index (χ1v) is 6.80. The lowest BCUT2D eigenvalue weighted by atomic mass is 9.91. The highest BCUT2D eigenvalue weighted by molar-refractivity contribution is 9.10. The van der Waals surface area contributed by atoms with Crippen LogP contribution in [0.1, 0.15) is 18.4 Å². The summed E-state index contributed by atoms with van der Waals surface area (Å²) in [6.45, 7) is 1.10. The average molecular weight is 294 g/mol. The molecule has 4 heteroatoms. The summed E-state index contributed by atoms with van der Waals surface area (Å²) in [6.07, 6.45) is 6.41. The second kappa shape index (κ2) is 4.35. The van der Waals surface area contributed by atoms with Gasteiger partial charge in [-0.05, 0) is 37.1 Å². The maximum atomic E-state index is 3.58. The van der Waals surface area contributed by atoms with Crippen molar-refractivity contribution in [3.63, 3.8) is 0 Å². The minimum atomic E-state index is -0.183. The SMILES string of the molecule is Brc1ccc(C2([C@@H]3CCCN3)NC=CN2)cc1. The van der Waals surface area contributed by atoms with Gasteiger partial charge in [-0.3, -0.25) is 0 Å². The number of hydrogen-bond acceptors (Lipinski definition) is 3. The molecule has 0 aromatic heterocycles. The highest BCUT2D eigenvalue weighted by Crippen LogP contribution is 2.30. The third-order valence-electron chi connectivity index (χ3n) is 3.59. The Hall–Kier alpha value is -1.00. The Bertz CT molecular complexity index is 413. The van der Waals surface area contributed by atoms with Crippen LogP contribution in [0.4, 0.5) is 0 Å². The van der Waals surface area contributed by atoms with Gasteiger partial charge in [0.25, 0.3) is 0 Å². The first kappa shape index (κ1) is 11.1. The molecule has 3 rings (SSSR count). The normalized spacial score (nSPS) is 25.6. The van der Waals surface area contributed by atoms with E-state index in [1.54, 1.807) is 0 Å². The fourth-order valence-electron chi connectivity index (χ4n) is 2.72. The first-order valence-electron chi connectivity index (χ1n) is 6.01. The summed E-state index contributed by atoms with van der Waals surface area (Å²) in [4.78, 5) is 0. The minimum absolute atomic E-state index is 0.183. The van der Waals surface area contributed by atoms with Gasteiger partial charge >= 0.3 is 0 Å². The molecule has 1 saturated heterocycles. The number of hydrogen-bond donors (Lipinski definition) is 3. The number of halogens is 1. The Morgan fingerprint density at radius 1 is 1.12 bits per heavy atom. The van der Waals surface area contributed by atoms with Gasteiger partial charge in [0.15, 0.2) is 0 Å². The Morgan fingerprint density at radius 3 is 2.41 bits per heavy atom. The van der Waals surface area contributed by atoms with Crippen LogP contribution in [0.3, 0.4) is 0 Å². The van der Waals surface area contributed by atoms with Crippen LogP contribution in [0.15, 0.2) is 41.1 Å². The molecule has 0 aliphatic carbocycles. The van der Waals surface area contributed by atoms with Crippen LogP contribution in [-0.4, -0.2) is 12.6 Å². The number of benzene rings is 1. The molecule has 1 fully saturated rings. The van der Waals surface area contributed by atoms with Crippen molar-refractivity contribution < 1.29 is 0 Å². The smallest absolute Gasteiger partial charge is 0.149 e. The topological polar surface area (TPSA) is 36.1 Å². The Balaban J connectivity index is 1.96. The minimum Gasteiger partial charge on any atom is -0.363 e. The molecule has 1 atom stereocenters. The summed E-state index contributed by atoms with van der Waals surface area (Å²) in [5.41, 5.74) is 1.09. The molecular weight excluding hydrogens is 278 g/mol. The summed E-state index contributed by atoms with van der Waals surface area (Å²) >= 11 is 3.48. The maximum absolute atomic E-state index is 3.58. The van der Waals surface area contributed by atoms with Crippen molar-refractivity contribution in [1.29, 1.82) is 0 Å². The van der Waals surface area contributed by atoms with Crippen molar-refractivity contribution in [2.75, 3.05) is 6.54 Å². The second-order valence-electron chi connectivity index (χ2n) is 4.59. The van der Waals surface area contributed by atoms with E-state index in [1.165, 1.54) is 18.4 Å². The van der Waals surface area contributed by atoms with Gasteiger partial charge in [0, 0.05) is 16.9 Å². The zero-order chi connectivity index (χ0) is 11.7. The molecule has 90 valence electrons. The first-order chi connectivity index (χ1) is 8.31. The van der Waals surface area contributed by atoms with Crippen molar-refractivity contribution >= 4 is 15.9 Å². The zero-order valence-corrected chi connectivity index (χ0v) is 11.1. The molecule has 17 heavy (non-hydrogen) atoms. The largest absolute Gasteiger partial charge is 0.363 e. The lowest BCUT2D eigenvalue weighted by Crippen LogP contribution is -2.58. The molecular formula is C13H16BrN3. The van der Waals surface area contributed by atoms with Gasteiger partial charge in [0.1, 0.15) is 5.66 Å². The predicted octanol–water partition coefficient (Wildman–Crippen LogP) is 2.02. The van der Waals surface area contributed by atoms with E-state index < -0.39 is 0 Å². The third kappa shape index (κ3) is 1.85. The van der Waals surface area contributed by atoms with Crippen molar-refractivity contribution in [2.24, 2.45) is 0 Å². The zero-order valence-electron chi connectivity index (χ0n) is 9.54. The average Bonchev–Trinajstić information content (AvgIpc) is 3.01. The summed E-state index contributed by atoms with van der Waals surface area (Å²) in [7, 11) is 0. The van der Waals surface area contributed by atoms with Crippen molar-refractivity contribution in [2.45, 2.75) is 24.5 Å². The third-order valence-corrected chi connectivity index (χ3v) is 4.12. The van der Waals surface area contributed by atoms with Gasteiger partial charge in [0.05, 0.1) is 6.04 Å². The van der Waals surface area contributed by atoms with Gasteiger partial charge in [-0.2, -0.15) is 0 Å². The number of nitrogens with one attached hydrogen (secondary N) is 3. The highest BCUT2D eigenvalue weighted by Gasteiger charge is 2.42. The molecule has 0 amide bonds. The molecule has 1 aromatic rings. The summed E-state index contributed by atoms with van der Waals surface area (Å²) < 4.78 is 1.11. The van der Waals surface area contributed by atoms with Gasteiger partial charge in [-0.1, -0.05) is 28.1 Å². The molecule has 2 aliphatic rings. The second-order valence-corrected chi connectivity index (χ2v) is 5.50. The van der Waals surface area contributed by atoms with Crippen LogP contribution in [-0.2, 0) is 5.66 Å². The fraction of sp³-hybridized carbons (Fsp3) is 0.385. The van der Waals surface area contributed by atoms with Crippen LogP contribution in [0.2, 0.25) is 0 Å². The molecule has 2 aliphatic heterocycles. The molecule has 2 heterocycles. The van der Waals surface area contributed by atoms with Gasteiger partial charge in [0.2, 0.25) is 0 Å². The molecule has 0 bridgehead atoms. The lowest BCUT2D eigenvalue weighted by Gasteiger charge is -2.37. The van der Waals surface area contributed by atoms with E-state index in [1.807, 2.05) is 12.4 Å². The number of rotatable bonds is 2. The molecule has 0 spiro atoms. The monoisotopic (exact) mass is 293 g/mol. The van der Waals surface area contributed by atoms with E-state index in [2.05, 4.69) is 56.1 Å². The van der Waals surface area contributed by atoms with Crippen molar-refractivity contribution in [3.05, 3.63) is 46.7 Å². The fourth-order valence-corrected chi connectivity index (χ4v) is 2.99. The highest BCUT2D eigenvalue weighted by atomic mass is 79.9. The van der Waals surface area contributed by atoms with Crippen LogP contribution in [0.25, 0.3) is 0 Å². The van der Waals surface area contributed by atoms with E-state index >= 15 is 0 Å². The summed E-state index contributed by atoms with van der Waals surface area (Å²) in [5.74, 6) is 0. The molecule has 0 unspecified atom stereocenters.